The van der Waals surface area contributed by atoms with E-state index in [0.717, 1.165) is 24.7 Å². The van der Waals surface area contributed by atoms with Crippen LogP contribution in [-0.4, -0.2) is 18.1 Å². The predicted octanol–water partition coefficient (Wildman–Crippen LogP) is 3.44. The van der Waals surface area contributed by atoms with Crippen molar-refractivity contribution in [3.63, 3.8) is 0 Å². The summed E-state index contributed by atoms with van der Waals surface area (Å²) in [6, 6.07) is 9.38. The maximum Gasteiger partial charge on any atom is 0.0976 e. The van der Waals surface area contributed by atoms with Gasteiger partial charge >= 0.3 is 0 Å². The number of ether oxygens (including phenoxy) is 1. The molecule has 0 spiro atoms. The van der Waals surface area contributed by atoms with E-state index < -0.39 is 0 Å². The number of thiazole rings is 1. The Bertz CT molecular complexity index is 605. The van der Waals surface area contributed by atoms with Gasteiger partial charge in [0.2, 0.25) is 0 Å². The Kier molecular flexibility index (Phi) is 4.68. The van der Waals surface area contributed by atoms with Gasteiger partial charge in [-0.25, -0.2) is 4.98 Å². The van der Waals surface area contributed by atoms with E-state index in [4.69, 9.17) is 9.72 Å². The molecule has 0 aliphatic heterocycles. The second-order valence-corrected chi connectivity index (χ2v) is 6.90. The molecule has 1 fully saturated rings. The summed E-state index contributed by atoms with van der Waals surface area (Å²) < 4.78 is 5.29. The normalized spacial score (nSPS) is 14.6. The average Bonchev–Trinajstić information content (AvgIpc) is 3.20. The SMILES string of the molecule is COCc1nc(Cc2cccc(C)c2)sc1CNC1CC1. The third-order valence-corrected chi connectivity index (χ3v) is 4.77. The fraction of sp³-hybridized carbons (Fsp3) is 0.471. The largest absolute Gasteiger partial charge is 0.378 e. The molecule has 112 valence electrons. The molecule has 0 unspecified atom stereocenters. The molecule has 21 heavy (non-hydrogen) atoms. The lowest BCUT2D eigenvalue weighted by Gasteiger charge is -2.02. The number of benzene rings is 1. The van der Waals surface area contributed by atoms with Crippen LogP contribution in [0.4, 0.5) is 0 Å². The molecule has 1 saturated carbocycles. The Morgan fingerprint density at radius 2 is 2.24 bits per heavy atom. The van der Waals surface area contributed by atoms with Crippen LogP contribution >= 0.6 is 11.3 Å². The zero-order valence-corrected chi connectivity index (χ0v) is 13.5. The van der Waals surface area contributed by atoms with Gasteiger partial charge in [-0.3, -0.25) is 0 Å². The number of methoxy groups -OCH3 is 1. The van der Waals surface area contributed by atoms with Gasteiger partial charge in [-0.1, -0.05) is 29.8 Å². The molecule has 0 radical (unpaired) electrons. The highest BCUT2D eigenvalue weighted by molar-refractivity contribution is 7.11. The van der Waals surface area contributed by atoms with Gasteiger partial charge < -0.3 is 10.1 Å². The van der Waals surface area contributed by atoms with Crippen LogP contribution < -0.4 is 5.32 Å². The summed E-state index contributed by atoms with van der Waals surface area (Å²) in [7, 11) is 1.73. The van der Waals surface area contributed by atoms with Crippen LogP contribution in [0.25, 0.3) is 0 Å². The topological polar surface area (TPSA) is 34.1 Å². The molecule has 2 aromatic rings. The van der Waals surface area contributed by atoms with Crippen LogP contribution in [-0.2, 0) is 24.3 Å². The molecule has 1 aromatic carbocycles. The minimum Gasteiger partial charge on any atom is -0.378 e. The van der Waals surface area contributed by atoms with Crippen molar-refractivity contribution in [3.05, 3.63) is 51.0 Å². The van der Waals surface area contributed by atoms with Crippen molar-refractivity contribution in [3.8, 4) is 0 Å². The van der Waals surface area contributed by atoms with Gasteiger partial charge in [-0.15, -0.1) is 11.3 Å². The molecular weight excluding hydrogens is 280 g/mol. The van der Waals surface area contributed by atoms with Crippen molar-refractivity contribution in [1.29, 1.82) is 0 Å². The van der Waals surface area contributed by atoms with E-state index in [0.29, 0.717) is 6.61 Å². The van der Waals surface area contributed by atoms with Crippen molar-refractivity contribution >= 4 is 11.3 Å². The number of hydrogen-bond acceptors (Lipinski definition) is 4. The van der Waals surface area contributed by atoms with Gasteiger partial charge in [0.05, 0.1) is 17.3 Å². The molecule has 0 atom stereocenters. The first-order chi connectivity index (χ1) is 10.2. The van der Waals surface area contributed by atoms with Crippen molar-refractivity contribution in [1.82, 2.24) is 10.3 Å². The van der Waals surface area contributed by atoms with E-state index in [-0.39, 0.29) is 0 Å². The van der Waals surface area contributed by atoms with E-state index >= 15 is 0 Å². The fourth-order valence-electron chi connectivity index (χ4n) is 2.42. The number of aromatic nitrogens is 1. The van der Waals surface area contributed by atoms with E-state index in [1.807, 2.05) is 11.3 Å². The second kappa shape index (κ2) is 6.69. The van der Waals surface area contributed by atoms with E-state index in [1.54, 1.807) is 7.11 Å². The fourth-order valence-corrected chi connectivity index (χ4v) is 3.48. The molecule has 0 amide bonds. The smallest absolute Gasteiger partial charge is 0.0976 e. The Morgan fingerprint density at radius 1 is 1.38 bits per heavy atom. The zero-order valence-electron chi connectivity index (χ0n) is 12.7. The number of nitrogens with one attached hydrogen (secondary N) is 1. The van der Waals surface area contributed by atoms with Crippen molar-refractivity contribution in [2.75, 3.05) is 7.11 Å². The number of hydrogen-bond donors (Lipinski definition) is 1. The lowest BCUT2D eigenvalue weighted by atomic mass is 10.1. The monoisotopic (exact) mass is 302 g/mol. The Labute approximate surface area is 130 Å². The van der Waals surface area contributed by atoms with E-state index in [1.165, 1.54) is 33.9 Å². The third-order valence-electron chi connectivity index (χ3n) is 3.67. The Balaban J connectivity index is 1.73. The molecule has 1 aromatic heterocycles. The first-order valence-electron chi connectivity index (χ1n) is 7.50. The summed E-state index contributed by atoms with van der Waals surface area (Å²) in [6.07, 6.45) is 3.54. The Hall–Kier alpha value is -1.23. The van der Waals surface area contributed by atoms with Crippen molar-refractivity contribution < 1.29 is 4.74 Å². The van der Waals surface area contributed by atoms with Crippen LogP contribution in [0.3, 0.4) is 0 Å². The molecule has 0 bridgehead atoms. The van der Waals surface area contributed by atoms with Crippen LogP contribution in [0.1, 0.15) is 39.5 Å². The molecule has 1 aliphatic carbocycles. The van der Waals surface area contributed by atoms with Crippen LogP contribution in [0.15, 0.2) is 24.3 Å². The molecule has 4 heteroatoms. The molecule has 1 heterocycles. The van der Waals surface area contributed by atoms with Gasteiger partial charge in [-0.2, -0.15) is 0 Å². The summed E-state index contributed by atoms with van der Waals surface area (Å²) in [5, 5.41) is 4.75. The molecule has 1 aliphatic rings. The summed E-state index contributed by atoms with van der Waals surface area (Å²) in [4.78, 5) is 6.10. The standard InChI is InChI=1S/C17H22N2OS/c1-12-4-3-5-13(8-12)9-17-19-15(11-20-2)16(21-17)10-18-14-6-7-14/h3-5,8,14,18H,6-7,9-11H2,1-2H3. The highest BCUT2D eigenvalue weighted by Gasteiger charge is 2.21. The van der Waals surface area contributed by atoms with Gasteiger partial charge in [0, 0.05) is 31.0 Å². The lowest BCUT2D eigenvalue weighted by Crippen LogP contribution is -2.15. The maximum atomic E-state index is 5.29. The number of rotatable bonds is 7. The third kappa shape index (κ3) is 4.13. The summed E-state index contributed by atoms with van der Waals surface area (Å²) in [5.74, 6) is 0. The van der Waals surface area contributed by atoms with Crippen molar-refractivity contribution in [2.45, 2.75) is 45.4 Å². The van der Waals surface area contributed by atoms with Gasteiger partial charge in [0.15, 0.2) is 0 Å². The Morgan fingerprint density at radius 3 is 2.95 bits per heavy atom. The molecule has 3 rings (SSSR count). The quantitative estimate of drug-likeness (QED) is 0.850. The second-order valence-electron chi connectivity index (χ2n) is 5.73. The average molecular weight is 302 g/mol. The molecular formula is C17H22N2OS. The first-order valence-corrected chi connectivity index (χ1v) is 8.31. The highest BCUT2D eigenvalue weighted by Crippen LogP contribution is 2.25. The molecule has 1 N–H and O–H groups in total. The molecule has 0 saturated heterocycles. The van der Waals surface area contributed by atoms with Crippen LogP contribution in [0, 0.1) is 6.92 Å². The summed E-state index contributed by atoms with van der Waals surface area (Å²) >= 11 is 1.82. The number of aryl methyl sites for hydroxylation is 1. The predicted molar refractivity (Wildman–Crippen MR) is 86.7 cm³/mol. The highest BCUT2D eigenvalue weighted by atomic mass is 32.1. The van der Waals surface area contributed by atoms with Crippen LogP contribution in [0.5, 0.6) is 0 Å². The minimum atomic E-state index is 0.603. The molecule has 3 nitrogen and oxygen atoms in total. The van der Waals surface area contributed by atoms with Gasteiger partial charge in [0.25, 0.3) is 0 Å². The van der Waals surface area contributed by atoms with E-state index in [9.17, 15) is 0 Å². The first kappa shape index (κ1) is 14.7. The zero-order chi connectivity index (χ0) is 14.7. The maximum absolute atomic E-state index is 5.29. The minimum absolute atomic E-state index is 0.603. The van der Waals surface area contributed by atoms with Crippen molar-refractivity contribution in [2.24, 2.45) is 0 Å². The number of nitrogens with zero attached hydrogens (tertiary/aromatic N) is 1. The lowest BCUT2D eigenvalue weighted by molar-refractivity contribution is 0.181. The summed E-state index contributed by atoms with van der Waals surface area (Å²) in [5.41, 5.74) is 3.73. The van der Waals surface area contributed by atoms with Gasteiger partial charge in [0.1, 0.15) is 0 Å². The summed E-state index contributed by atoms with van der Waals surface area (Å²) in [6.45, 7) is 3.66. The van der Waals surface area contributed by atoms with Crippen LogP contribution in [0.2, 0.25) is 0 Å². The van der Waals surface area contributed by atoms with E-state index in [2.05, 4.69) is 36.5 Å². The van der Waals surface area contributed by atoms with Gasteiger partial charge in [-0.05, 0) is 25.3 Å².